The molecular formula is C13H15N3O3S. The molecule has 2 rings (SSSR count). The number of nitrogens with zero attached hydrogens (tertiary/aromatic N) is 2. The van der Waals surface area contributed by atoms with E-state index in [4.69, 9.17) is 15.2 Å². The van der Waals surface area contributed by atoms with Crippen molar-refractivity contribution < 1.29 is 14.3 Å². The number of aromatic nitrogens is 1. The molecule has 0 saturated carbocycles. The van der Waals surface area contributed by atoms with Crippen molar-refractivity contribution in [2.45, 2.75) is 0 Å². The number of rotatable bonds is 6. The third-order valence-electron chi connectivity index (χ3n) is 2.48. The van der Waals surface area contributed by atoms with E-state index in [-0.39, 0.29) is 0 Å². The molecule has 2 N–H and O–H groups in total. The lowest BCUT2D eigenvalue weighted by Gasteiger charge is -2.20. The number of hydrogen-bond donors (Lipinski definition) is 1. The molecule has 0 aliphatic heterocycles. The first-order valence-corrected chi connectivity index (χ1v) is 6.82. The Labute approximate surface area is 120 Å². The highest BCUT2D eigenvalue weighted by molar-refractivity contribution is 7.13. The van der Waals surface area contributed by atoms with Crippen LogP contribution in [0.5, 0.6) is 5.75 Å². The van der Waals surface area contributed by atoms with Gasteiger partial charge in [-0.15, -0.1) is 11.3 Å². The molecule has 0 aliphatic rings. The van der Waals surface area contributed by atoms with Gasteiger partial charge in [0, 0.05) is 18.7 Å². The standard InChI is InChI=1S/C13H15N3O3S/c1-18-7-8-19-11-5-3-2-4-10(11)16(12(14)17)13-15-6-9-20-13/h2-6,9H,7-8H2,1H3,(H2,14,17). The smallest absolute Gasteiger partial charge is 0.325 e. The summed E-state index contributed by atoms with van der Waals surface area (Å²) in [7, 11) is 1.60. The quantitative estimate of drug-likeness (QED) is 0.829. The van der Waals surface area contributed by atoms with Crippen LogP contribution < -0.4 is 15.4 Å². The molecule has 1 aromatic carbocycles. The SMILES string of the molecule is COCCOc1ccccc1N(C(N)=O)c1nccs1. The Morgan fingerprint density at radius 2 is 2.20 bits per heavy atom. The number of thiazole rings is 1. The summed E-state index contributed by atoms with van der Waals surface area (Å²) < 4.78 is 10.6. The van der Waals surface area contributed by atoms with E-state index in [1.165, 1.54) is 16.2 Å². The van der Waals surface area contributed by atoms with Crippen LogP contribution in [-0.4, -0.2) is 31.3 Å². The van der Waals surface area contributed by atoms with Crippen molar-refractivity contribution in [3.05, 3.63) is 35.8 Å². The maximum absolute atomic E-state index is 11.7. The second-order valence-corrected chi connectivity index (χ2v) is 4.67. The molecule has 0 aliphatic carbocycles. The molecular weight excluding hydrogens is 278 g/mol. The molecule has 6 nitrogen and oxygen atoms in total. The molecule has 0 radical (unpaired) electrons. The Kier molecular flexibility index (Phi) is 4.91. The molecule has 0 bridgehead atoms. The van der Waals surface area contributed by atoms with Gasteiger partial charge in [-0.05, 0) is 12.1 Å². The van der Waals surface area contributed by atoms with Crippen molar-refractivity contribution in [3.63, 3.8) is 0 Å². The van der Waals surface area contributed by atoms with Gasteiger partial charge in [0.05, 0.1) is 12.3 Å². The topological polar surface area (TPSA) is 77.7 Å². The van der Waals surface area contributed by atoms with Gasteiger partial charge in [0.25, 0.3) is 0 Å². The summed E-state index contributed by atoms with van der Waals surface area (Å²) in [4.78, 5) is 17.2. The number of para-hydroxylation sites is 2. The average molecular weight is 293 g/mol. The molecule has 106 valence electrons. The van der Waals surface area contributed by atoms with Crippen LogP contribution in [0.4, 0.5) is 15.6 Å². The number of carbonyl (C=O) groups is 1. The summed E-state index contributed by atoms with van der Waals surface area (Å²) in [6.45, 7) is 0.847. The molecule has 1 aromatic heterocycles. The number of urea groups is 1. The van der Waals surface area contributed by atoms with Crippen LogP contribution in [0.1, 0.15) is 0 Å². The van der Waals surface area contributed by atoms with Gasteiger partial charge >= 0.3 is 6.03 Å². The molecule has 1 heterocycles. The minimum absolute atomic E-state index is 0.387. The number of anilines is 2. The van der Waals surface area contributed by atoms with Gasteiger partial charge in [0.2, 0.25) is 0 Å². The Morgan fingerprint density at radius 1 is 1.40 bits per heavy atom. The number of benzene rings is 1. The molecule has 0 fully saturated rings. The van der Waals surface area contributed by atoms with E-state index in [2.05, 4.69) is 4.98 Å². The first-order valence-electron chi connectivity index (χ1n) is 5.94. The number of methoxy groups -OCH3 is 1. The minimum atomic E-state index is -0.609. The first-order chi connectivity index (χ1) is 9.74. The fourth-order valence-electron chi connectivity index (χ4n) is 1.64. The van der Waals surface area contributed by atoms with Crippen LogP contribution in [0.25, 0.3) is 0 Å². The Morgan fingerprint density at radius 3 is 2.85 bits per heavy atom. The predicted octanol–water partition coefficient (Wildman–Crippen LogP) is 2.39. The van der Waals surface area contributed by atoms with Crippen LogP contribution in [0, 0.1) is 0 Å². The molecule has 2 amide bonds. The maximum Gasteiger partial charge on any atom is 0.325 e. The summed E-state index contributed by atoms with van der Waals surface area (Å²) in [6, 6.07) is 6.56. The monoisotopic (exact) mass is 293 g/mol. The molecule has 0 atom stereocenters. The predicted molar refractivity (Wildman–Crippen MR) is 77.6 cm³/mol. The van der Waals surface area contributed by atoms with Crippen molar-refractivity contribution in [3.8, 4) is 5.75 Å². The van der Waals surface area contributed by atoms with E-state index in [0.717, 1.165) is 0 Å². The van der Waals surface area contributed by atoms with Crippen LogP contribution in [0.3, 0.4) is 0 Å². The largest absolute Gasteiger partial charge is 0.489 e. The van der Waals surface area contributed by atoms with Crippen molar-refractivity contribution in [2.75, 3.05) is 25.2 Å². The van der Waals surface area contributed by atoms with Crippen LogP contribution >= 0.6 is 11.3 Å². The summed E-state index contributed by atoms with van der Waals surface area (Å²) in [6.07, 6.45) is 1.62. The third-order valence-corrected chi connectivity index (χ3v) is 3.24. The summed E-state index contributed by atoms with van der Waals surface area (Å²) in [5.41, 5.74) is 6.02. The highest BCUT2D eigenvalue weighted by Crippen LogP contribution is 2.34. The van der Waals surface area contributed by atoms with E-state index in [1.54, 1.807) is 30.8 Å². The molecule has 0 unspecified atom stereocenters. The molecule has 0 spiro atoms. The van der Waals surface area contributed by atoms with Gasteiger partial charge in [-0.25, -0.2) is 14.7 Å². The van der Waals surface area contributed by atoms with Gasteiger partial charge in [0.1, 0.15) is 12.4 Å². The van der Waals surface area contributed by atoms with Gasteiger partial charge < -0.3 is 15.2 Å². The highest BCUT2D eigenvalue weighted by atomic mass is 32.1. The minimum Gasteiger partial charge on any atom is -0.489 e. The number of amides is 2. The lowest BCUT2D eigenvalue weighted by Crippen LogP contribution is -2.31. The highest BCUT2D eigenvalue weighted by Gasteiger charge is 2.21. The third kappa shape index (κ3) is 3.25. The lowest BCUT2D eigenvalue weighted by atomic mass is 10.2. The van der Waals surface area contributed by atoms with Crippen molar-refractivity contribution >= 4 is 28.2 Å². The number of primary amides is 1. The zero-order valence-corrected chi connectivity index (χ0v) is 11.8. The lowest BCUT2D eigenvalue weighted by molar-refractivity contribution is 0.146. The number of ether oxygens (including phenoxy) is 2. The zero-order valence-electron chi connectivity index (χ0n) is 11.0. The van der Waals surface area contributed by atoms with Crippen LogP contribution in [0.2, 0.25) is 0 Å². The normalized spacial score (nSPS) is 10.2. The number of hydrogen-bond acceptors (Lipinski definition) is 5. The van der Waals surface area contributed by atoms with Crippen molar-refractivity contribution in [2.24, 2.45) is 5.73 Å². The van der Waals surface area contributed by atoms with E-state index in [9.17, 15) is 4.79 Å². The van der Waals surface area contributed by atoms with Gasteiger partial charge in [-0.3, -0.25) is 0 Å². The van der Waals surface area contributed by atoms with Gasteiger partial charge in [-0.2, -0.15) is 0 Å². The molecule has 20 heavy (non-hydrogen) atoms. The Balaban J connectivity index is 2.31. The Bertz CT molecular complexity index is 560. The molecule has 7 heteroatoms. The maximum atomic E-state index is 11.7. The van der Waals surface area contributed by atoms with Crippen molar-refractivity contribution in [1.29, 1.82) is 0 Å². The number of carbonyl (C=O) groups excluding carboxylic acids is 1. The zero-order chi connectivity index (χ0) is 14.4. The average Bonchev–Trinajstić information content (AvgIpc) is 2.94. The fraction of sp³-hybridized carbons (Fsp3) is 0.231. The van der Waals surface area contributed by atoms with Crippen LogP contribution in [0.15, 0.2) is 35.8 Å². The summed E-state index contributed by atoms with van der Waals surface area (Å²) >= 11 is 1.32. The summed E-state index contributed by atoms with van der Waals surface area (Å²) in [5, 5.41) is 2.28. The first kappa shape index (κ1) is 14.3. The van der Waals surface area contributed by atoms with E-state index in [1.807, 2.05) is 12.1 Å². The second-order valence-electron chi connectivity index (χ2n) is 3.80. The van der Waals surface area contributed by atoms with E-state index >= 15 is 0 Å². The Hall–Kier alpha value is -2.12. The van der Waals surface area contributed by atoms with Crippen LogP contribution in [-0.2, 0) is 4.74 Å². The fourth-order valence-corrected chi connectivity index (χ4v) is 2.30. The molecule has 0 saturated heterocycles. The van der Waals surface area contributed by atoms with E-state index < -0.39 is 6.03 Å². The second kappa shape index (κ2) is 6.88. The van der Waals surface area contributed by atoms with Gasteiger partial charge in [0.15, 0.2) is 5.13 Å². The molecule has 2 aromatic rings. The summed E-state index contributed by atoms with van der Waals surface area (Å²) in [5.74, 6) is 0.554. The van der Waals surface area contributed by atoms with Crippen molar-refractivity contribution in [1.82, 2.24) is 4.98 Å². The number of nitrogens with two attached hydrogens (primary N) is 1. The van der Waals surface area contributed by atoms with E-state index in [0.29, 0.717) is 29.8 Å². The van der Waals surface area contributed by atoms with Gasteiger partial charge in [-0.1, -0.05) is 12.1 Å².